The zero-order chi connectivity index (χ0) is 52.4. The number of carbonyl (C=O) groups excluding carboxylic acids is 4. The minimum Gasteiger partial charge on any atom is -0.545 e. The van der Waals surface area contributed by atoms with E-state index in [0.29, 0.717) is 0 Å². The minimum absolute atomic E-state index is 0. The Morgan fingerprint density at radius 3 is 0.486 bits per heavy atom. The molecule has 6 rings (SSSR count). The zero-order valence-corrected chi connectivity index (χ0v) is 36.2. The van der Waals surface area contributed by atoms with Crippen molar-refractivity contribution in [3.05, 3.63) is 188 Å². The Bertz CT molecular complexity index is 2470. The van der Waals surface area contributed by atoms with Crippen LogP contribution in [0.5, 0.6) is 0 Å². The molecule has 0 atom stereocenters. The van der Waals surface area contributed by atoms with Gasteiger partial charge in [-0.15, -0.1) is 0 Å². The molecule has 0 aliphatic carbocycles. The summed E-state index contributed by atoms with van der Waals surface area (Å²) in [4.78, 5) is 48.0. The quantitative estimate of drug-likeness (QED) is 0.0972. The van der Waals surface area contributed by atoms with Crippen molar-refractivity contribution in [2.24, 2.45) is 0 Å². The van der Waals surface area contributed by atoms with Crippen molar-refractivity contribution in [2.75, 3.05) is 0 Å². The second-order valence-corrected chi connectivity index (χ2v) is 11.4. The minimum atomic E-state index is -2.47. The van der Waals surface area contributed by atoms with Gasteiger partial charge in [0, 0.05) is 24.8 Å². The number of pyridine rings is 2. The third-order valence-electron chi connectivity index (χ3n) is 7.35. The number of aromatic nitrogens is 2. The summed E-state index contributed by atoms with van der Waals surface area (Å²) in [5.41, 5.74) is -5.54. The number of aromatic carboxylic acids is 4. The summed E-state index contributed by atoms with van der Waals surface area (Å²) >= 11 is 0. The van der Waals surface area contributed by atoms with Crippen molar-refractivity contribution in [3.8, 4) is 11.1 Å². The standard InChI is InChI=1S/C10H8N2.4C7HF5O2.2Mo/c1-5-11-6-2-9(1)10-3-7-12-8-4-10;4*8-2-1(7(13)14)3(9)5(11)6(12)4(2)10;;/h1-8H;4*(H,13,14);;/q;;;;;2*+2/p-4. The Morgan fingerprint density at radius 2 is 0.371 bits per heavy atom. The molecule has 10 nitrogen and oxygen atoms in total. The van der Waals surface area contributed by atoms with E-state index in [1.54, 1.807) is 24.8 Å². The van der Waals surface area contributed by atoms with Crippen LogP contribution in [0.4, 0.5) is 87.8 Å². The fraction of sp³-hybridized carbons (Fsp3) is 0. The predicted octanol–water partition coefficient (Wildman–Crippen LogP) is 5.12. The van der Waals surface area contributed by atoms with E-state index in [1.807, 2.05) is 24.3 Å². The molecular formula is C38H8F20Mo2N2O8. The van der Waals surface area contributed by atoms with Gasteiger partial charge in [-0.3, -0.25) is 9.97 Å². The number of hydrogen-bond donors (Lipinski definition) is 0. The fourth-order valence-electron chi connectivity index (χ4n) is 4.23. The number of halogens is 20. The Morgan fingerprint density at radius 1 is 0.257 bits per heavy atom. The van der Waals surface area contributed by atoms with E-state index >= 15 is 0 Å². The molecule has 0 N–H and O–H groups in total. The summed E-state index contributed by atoms with van der Waals surface area (Å²) in [6.45, 7) is 0. The maximum absolute atomic E-state index is 12.5. The van der Waals surface area contributed by atoms with Crippen molar-refractivity contribution < 1.29 is 170 Å². The maximum Gasteiger partial charge on any atom is 2.00 e. The molecule has 32 heteroatoms. The van der Waals surface area contributed by atoms with Crippen molar-refractivity contribution in [1.82, 2.24) is 9.97 Å². The SMILES string of the molecule is O=C([O-])c1c(F)c(F)c(F)c(F)c1F.O=C([O-])c1c(F)c(F)c(F)c(F)c1F.O=C([O-])c1c(F)c(F)c(F)c(F)c1F.O=C([O-])c1c(F)c(F)c(F)c(F)c1F.[Mo+2].[Mo+2].c1cc(-c2ccncc2)ccn1. The summed E-state index contributed by atoms with van der Waals surface area (Å²) in [7, 11) is 0. The largest absolute Gasteiger partial charge is 2.00 e. The first-order valence-electron chi connectivity index (χ1n) is 16.2. The molecule has 370 valence electrons. The van der Waals surface area contributed by atoms with Crippen LogP contribution in [0.15, 0.2) is 49.1 Å². The van der Waals surface area contributed by atoms with Crippen LogP contribution < -0.4 is 20.4 Å². The summed E-state index contributed by atoms with van der Waals surface area (Å²) in [5, 5.41) is 40.0. The van der Waals surface area contributed by atoms with Crippen molar-refractivity contribution in [1.29, 1.82) is 0 Å². The fourth-order valence-corrected chi connectivity index (χ4v) is 4.23. The van der Waals surface area contributed by atoms with Gasteiger partial charge in [0.05, 0.1) is 46.1 Å². The van der Waals surface area contributed by atoms with Crippen molar-refractivity contribution in [2.45, 2.75) is 0 Å². The first-order valence-corrected chi connectivity index (χ1v) is 16.2. The zero-order valence-electron chi connectivity index (χ0n) is 32.2. The van der Waals surface area contributed by atoms with E-state index in [2.05, 4.69) is 9.97 Å². The Labute approximate surface area is 401 Å². The average molecular weight is 1190 g/mol. The summed E-state index contributed by atoms with van der Waals surface area (Å²) in [6, 6.07) is 7.93. The normalized spacial score (nSPS) is 9.94. The Balaban J connectivity index is 0.000000845. The van der Waals surface area contributed by atoms with Crippen LogP contribution in [0.25, 0.3) is 11.1 Å². The van der Waals surface area contributed by atoms with Crippen LogP contribution in [-0.4, -0.2) is 33.8 Å². The number of nitrogens with zero attached hydrogens (tertiary/aromatic N) is 2. The van der Waals surface area contributed by atoms with Crippen LogP contribution in [-0.2, 0) is 42.1 Å². The van der Waals surface area contributed by atoms with Gasteiger partial charge in [0.25, 0.3) is 0 Å². The number of carboxylic acid groups (broad SMARTS) is 4. The van der Waals surface area contributed by atoms with Gasteiger partial charge in [-0.1, -0.05) is 0 Å². The van der Waals surface area contributed by atoms with Gasteiger partial charge in [0.1, 0.15) is 0 Å². The monoisotopic (exact) mass is 1200 g/mol. The third-order valence-corrected chi connectivity index (χ3v) is 7.35. The third kappa shape index (κ3) is 14.1. The van der Waals surface area contributed by atoms with E-state index in [4.69, 9.17) is 0 Å². The van der Waals surface area contributed by atoms with Gasteiger partial charge in [-0.25, -0.2) is 87.8 Å². The summed E-state index contributed by atoms with van der Waals surface area (Å²) in [5.74, 6) is -57.4. The average Bonchev–Trinajstić information content (AvgIpc) is 3.30. The number of carboxylic acids is 4. The van der Waals surface area contributed by atoms with Gasteiger partial charge in [0.15, 0.2) is 93.1 Å². The number of hydrogen-bond acceptors (Lipinski definition) is 10. The second-order valence-electron chi connectivity index (χ2n) is 11.4. The molecule has 0 amide bonds. The van der Waals surface area contributed by atoms with Crippen LogP contribution in [0.2, 0.25) is 0 Å². The molecule has 2 heterocycles. The second kappa shape index (κ2) is 26.7. The van der Waals surface area contributed by atoms with E-state index < -0.39 is 162 Å². The van der Waals surface area contributed by atoms with Crippen LogP contribution >= 0.6 is 0 Å². The molecule has 0 aliphatic rings. The molecular weight excluding hydrogens is 1180 g/mol. The summed E-state index contributed by atoms with van der Waals surface area (Å²) < 4.78 is 248. The molecule has 0 radical (unpaired) electrons. The molecule has 0 unspecified atom stereocenters. The first kappa shape index (κ1) is 63.0. The number of carbonyl (C=O) groups is 4. The van der Waals surface area contributed by atoms with Gasteiger partial charge in [-0.2, -0.15) is 0 Å². The van der Waals surface area contributed by atoms with Gasteiger partial charge < -0.3 is 39.6 Å². The molecule has 2 aromatic heterocycles. The van der Waals surface area contributed by atoms with Gasteiger partial charge in [-0.05, 0) is 35.4 Å². The van der Waals surface area contributed by atoms with Crippen molar-refractivity contribution in [3.63, 3.8) is 0 Å². The molecule has 6 aromatic rings. The Hall–Kier alpha value is -6.96. The van der Waals surface area contributed by atoms with Gasteiger partial charge in [0.2, 0.25) is 23.3 Å². The van der Waals surface area contributed by atoms with Crippen molar-refractivity contribution >= 4 is 23.9 Å². The molecule has 0 aliphatic heterocycles. The van der Waals surface area contributed by atoms with Gasteiger partial charge >= 0.3 is 42.1 Å². The topological polar surface area (TPSA) is 186 Å². The molecule has 0 bridgehead atoms. The molecule has 4 aromatic carbocycles. The molecule has 0 fully saturated rings. The Kier molecular flexibility index (Phi) is 24.0. The smallest absolute Gasteiger partial charge is 0.545 e. The molecule has 0 spiro atoms. The molecule has 0 saturated heterocycles. The van der Waals surface area contributed by atoms with E-state index in [9.17, 15) is 127 Å². The first-order chi connectivity index (χ1) is 31.5. The molecule has 0 saturated carbocycles. The van der Waals surface area contributed by atoms with Crippen LogP contribution in [0.3, 0.4) is 0 Å². The maximum atomic E-state index is 12.5. The van der Waals surface area contributed by atoms with Crippen LogP contribution in [0, 0.1) is 116 Å². The van der Waals surface area contributed by atoms with E-state index in [0.717, 1.165) is 0 Å². The van der Waals surface area contributed by atoms with E-state index in [1.165, 1.54) is 11.1 Å². The number of rotatable bonds is 5. The van der Waals surface area contributed by atoms with E-state index in [-0.39, 0.29) is 42.1 Å². The predicted molar refractivity (Wildman–Crippen MR) is 170 cm³/mol. The number of benzene rings is 4. The summed E-state index contributed by atoms with van der Waals surface area (Å²) in [6.07, 6.45) is 7.15. The molecule has 70 heavy (non-hydrogen) atoms. The van der Waals surface area contributed by atoms with Crippen LogP contribution in [0.1, 0.15) is 41.4 Å².